The number of carbonyl (C=O) groups excluding carboxylic acids is 4. The minimum absolute atomic E-state index is 0.0741. The van der Waals surface area contributed by atoms with Gasteiger partial charge in [0.05, 0.1) is 18.6 Å². The van der Waals surface area contributed by atoms with Crippen molar-refractivity contribution in [3.8, 4) is 0 Å². The van der Waals surface area contributed by atoms with Crippen molar-refractivity contribution in [1.82, 2.24) is 15.1 Å². The van der Waals surface area contributed by atoms with Gasteiger partial charge < -0.3 is 34.4 Å². The van der Waals surface area contributed by atoms with Crippen molar-refractivity contribution in [2.45, 2.75) is 81.9 Å². The van der Waals surface area contributed by atoms with E-state index in [4.69, 9.17) is 14.2 Å². The maximum atomic E-state index is 14.7. The quantitative estimate of drug-likeness (QED) is 0.297. The van der Waals surface area contributed by atoms with Gasteiger partial charge in [0.2, 0.25) is 17.7 Å². The molecule has 1 unspecified atom stereocenters. The van der Waals surface area contributed by atoms with E-state index in [9.17, 15) is 24.3 Å². The van der Waals surface area contributed by atoms with E-state index >= 15 is 0 Å². The summed E-state index contributed by atoms with van der Waals surface area (Å²) in [6.07, 6.45) is 6.27. The van der Waals surface area contributed by atoms with Gasteiger partial charge in [0, 0.05) is 43.8 Å². The highest BCUT2D eigenvalue weighted by molar-refractivity contribution is 9.11. The van der Waals surface area contributed by atoms with Gasteiger partial charge in [0.1, 0.15) is 29.8 Å². The summed E-state index contributed by atoms with van der Waals surface area (Å²) in [6, 6.07) is 7.20. The number of carbonyl (C=O) groups is 4. The molecular formula is C34H44BrN3O8. The average molecular weight is 703 g/mol. The average Bonchev–Trinajstić information content (AvgIpc) is 3.63. The fourth-order valence-electron chi connectivity index (χ4n) is 7.38. The smallest absolute Gasteiger partial charge is 0.313 e. The predicted molar refractivity (Wildman–Crippen MR) is 172 cm³/mol. The van der Waals surface area contributed by atoms with Crippen molar-refractivity contribution in [1.29, 1.82) is 0 Å². The summed E-state index contributed by atoms with van der Waals surface area (Å²) in [5.41, 5.74) is -0.749. The molecule has 2 N–H and O–H groups in total. The minimum Gasteiger partial charge on any atom is -0.455 e. The predicted octanol–water partition coefficient (Wildman–Crippen LogP) is 3.02. The zero-order valence-corrected chi connectivity index (χ0v) is 28.2. The topological polar surface area (TPSA) is 135 Å². The van der Waals surface area contributed by atoms with Gasteiger partial charge in [-0.2, -0.15) is 0 Å². The van der Waals surface area contributed by atoms with Crippen LogP contribution in [0, 0.1) is 11.8 Å². The number of nitrogens with one attached hydrogen (secondary N) is 1. The monoisotopic (exact) mass is 701 g/mol. The van der Waals surface area contributed by atoms with Crippen molar-refractivity contribution < 1.29 is 38.5 Å². The number of esters is 1. The maximum absolute atomic E-state index is 14.7. The molecule has 0 aromatic heterocycles. The Hall–Kier alpha value is -3.06. The lowest BCUT2D eigenvalue weighted by atomic mass is 9.74. The number of aliphatic hydroxyl groups excluding tert-OH is 1. The maximum Gasteiger partial charge on any atom is 0.313 e. The van der Waals surface area contributed by atoms with E-state index in [-0.39, 0.29) is 62.9 Å². The summed E-state index contributed by atoms with van der Waals surface area (Å²) in [6.45, 7) is 4.35. The zero-order valence-electron chi connectivity index (χ0n) is 26.6. The molecule has 2 fully saturated rings. The Morgan fingerprint density at radius 1 is 1.13 bits per heavy atom. The number of aliphatic hydroxyl groups is 1. The van der Waals surface area contributed by atoms with E-state index in [1.807, 2.05) is 56.3 Å². The first-order valence-electron chi connectivity index (χ1n) is 16.1. The number of methoxy groups -OCH3 is 1. The lowest BCUT2D eigenvalue weighted by Gasteiger charge is -2.38. The fourth-order valence-corrected chi connectivity index (χ4v) is 8.11. The van der Waals surface area contributed by atoms with E-state index in [0.717, 1.165) is 12.8 Å². The molecule has 5 rings (SSSR count). The second-order valence-electron chi connectivity index (χ2n) is 12.5. The number of hydrogen-bond donors (Lipinski definition) is 2. The molecule has 5 bridgehead atoms. The Kier molecular flexibility index (Phi) is 11.0. The molecule has 0 aliphatic carbocycles. The molecule has 2 saturated heterocycles. The van der Waals surface area contributed by atoms with Crippen LogP contribution in [0.5, 0.6) is 0 Å². The third kappa shape index (κ3) is 6.41. The first kappa shape index (κ1) is 34.3. The lowest BCUT2D eigenvalue weighted by molar-refractivity contribution is -0.162. The molecule has 0 saturated carbocycles. The molecule has 1 aromatic carbocycles. The molecule has 11 nitrogen and oxygen atoms in total. The van der Waals surface area contributed by atoms with Crippen LogP contribution in [-0.2, 0) is 33.4 Å². The number of halogens is 1. The van der Waals surface area contributed by atoms with E-state index in [1.165, 1.54) is 12.0 Å². The number of cyclic esters (lactones) is 1. The summed E-state index contributed by atoms with van der Waals surface area (Å²) in [5, 5.41) is 12.7. The normalized spacial score (nSPS) is 33.0. The molecule has 1 spiro atoms. The Morgan fingerprint density at radius 3 is 2.59 bits per heavy atom. The van der Waals surface area contributed by atoms with Crippen LogP contribution in [0.4, 0.5) is 0 Å². The second kappa shape index (κ2) is 14.8. The highest BCUT2D eigenvalue weighted by atomic mass is 79.9. The number of benzene rings is 1. The van der Waals surface area contributed by atoms with Crippen LogP contribution in [0.15, 0.2) is 53.0 Å². The minimum atomic E-state index is -1.40. The second-order valence-corrected chi connectivity index (χ2v) is 13.4. The number of hydrogen-bond acceptors (Lipinski definition) is 8. The zero-order chi connectivity index (χ0) is 33.0. The van der Waals surface area contributed by atoms with Crippen LogP contribution in [0.25, 0.3) is 0 Å². The van der Waals surface area contributed by atoms with Crippen molar-refractivity contribution in [2.24, 2.45) is 11.8 Å². The van der Waals surface area contributed by atoms with E-state index < -0.39 is 47.7 Å². The van der Waals surface area contributed by atoms with Gasteiger partial charge in [-0.3, -0.25) is 19.2 Å². The third-order valence-electron chi connectivity index (χ3n) is 9.45. The van der Waals surface area contributed by atoms with Gasteiger partial charge >= 0.3 is 5.97 Å². The number of nitrogens with zero attached hydrogens (tertiary/aromatic N) is 2. The molecular weight excluding hydrogens is 658 g/mol. The van der Waals surface area contributed by atoms with Gasteiger partial charge in [0.15, 0.2) is 0 Å². The fraction of sp³-hybridized carbons (Fsp3) is 0.588. The molecule has 12 heteroatoms. The number of fused-ring (bicyclic) bond motifs is 2. The van der Waals surface area contributed by atoms with Gasteiger partial charge in [-0.05, 0) is 37.8 Å². The lowest BCUT2D eigenvalue weighted by Crippen LogP contribution is -2.57. The largest absolute Gasteiger partial charge is 0.455 e. The number of allylic oxidation sites excluding steroid dienone is 1. The molecule has 4 heterocycles. The van der Waals surface area contributed by atoms with Crippen LogP contribution < -0.4 is 5.32 Å². The van der Waals surface area contributed by atoms with E-state index in [1.54, 1.807) is 11.0 Å². The molecule has 3 amide bonds. The molecule has 46 heavy (non-hydrogen) atoms. The number of rotatable bonds is 9. The first-order valence-corrected chi connectivity index (χ1v) is 16.9. The van der Waals surface area contributed by atoms with E-state index in [0.29, 0.717) is 16.5 Å². The first-order chi connectivity index (χ1) is 22.2. The molecule has 8 atom stereocenters. The summed E-state index contributed by atoms with van der Waals surface area (Å²) in [5.74, 6) is -3.64. The van der Waals surface area contributed by atoms with Gasteiger partial charge in [0.25, 0.3) is 0 Å². The number of amides is 3. The summed E-state index contributed by atoms with van der Waals surface area (Å²) in [7, 11) is 1.51. The Bertz CT molecular complexity index is 1350. The van der Waals surface area contributed by atoms with Crippen LogP contribution in [0.1, 0.15) is 57.6 Å². The van der Waals surface area contributed by atoms with Crippen LogP contribution in [0.2, 0.25) is 0 Å². The van der Waals surface area contributed by atoms with Crippen LogP contribution >= 0.6 is 15.9 Å². The molecule has 4 aliphatic heterocycles. The van der Waals surface area contributed by atoms with Crippen molar-refractivity contribution >= 4 is 39.6 Å². The highest BCUT2D eigenvalue weighted by Gasteiger charge is 2.75. The molecule has 250 valence electrons. The Balaban J connectivity index is 1.62. The standard InChI is InChI=1S/C34H44BrN3O8/c1-4-12-21(2)37-16-10-6-9-15-25(40)36-24(20-44-3)28(22-13-7-5-8-14-22)45-33(43)26-27-31(41)38(17-11-18-39)30(32(37)42)34(27)19-23(35)29(26)46-34/h5-8,10,13-14,19,21,24,26-30,39H,4,9,11-12,15-18,20H2,1-3H3,(H,36,40)/b10-6-/t21?,24-,26+,27-,28-,29+,30+,34-/m0/s1. The van der Waals surface area contributed by atoms with Crippen LogP contribution in [-0.4, -0.2) is 102 Å². The molecule has 0 radical (unpaired) electrons. The van der Waals surface area contributed by atoms with Gasteiger partial charge in [-0.15, -0.1) is 0 Å². The summed E-state index contributed by atoms with van der Waals surface area (Å²) < 4.78 is 18.9. The van der Waals surface area contributed by atoms with Crippen molar-refractivity contribution in [3.63, 3.8) is 0 Å². The SMILES string of the molecule is CCCC(C)N1C/C=C\CCC(=O)N[C@@H](COC)[C@H](c2ccccc2)OC(=O)[C@H]2[C@@H]3O[C@@]4(C=C3Br)[C@@H]2C(=O)N(CCCO)[C@@H]4C1=O. The summed E-state index contributed by atoms with van der Waals surface area (Å²) in [4.78, 5) is 59.7. The van der Waals surface area contributed by atoms with Crippen molar-refractivity contribution in [3.05, 3.63) is 58.6 Å². The van der Waals surface area contributed by atoms with Crippen molar-refractivity contribution in [2.75, 3.05) is 33.4 Å². The Labute approximate surface area is 278 Å². The molecule has 1 aromatic rings. The van der Waals surface area contributed by atoms with Crippen LogP contribution in [0.3, 0.4) is 0 Å². The molecule has 4 aliphatic rings. The van der Waals surface area contributed by atoms with Gasteiger partial charge in [-0.1, -0.05) is 71.8 Å². The number of likely N-dealkylation sites (tertiary alicyclic amines) is 1. The Morgan fingerprint density at radius 2 is 1.89 bits per heavy atom. The third-order valence-corrected chi connectivity index (χ3v) is 10.1. The van der Waals surface area contributed by atoms with Gasteiger partial charge in [-0.25, -0.2) is 0 Å². The van der Waals surface area contributed by atoms with E-state index in [2.05, 4.69) is 21.2 Å². The summed E-state index contributed by atoms with van der Waals surface area (Å²) >= 11 is 3.59. The number of ether oxygens (including phenoxy) is 3. The highest BCUT2D eigenvalue weighted by Crippen LogP contribution is 2.59.